The number of benzene rings is 2. The Morgan fingerprint density at radius 3 is 2.62 bits per heavy atom. The summed E-state index contributed by atoms with van der Waals surface area (Å²) in [5.74, 6) is 1.77. The van der Waals surface area contributed by atoms with Crippen LogP contribution in [0, 0.1) is 0 Å². The lowest BCUT2D eigenvalue weighted by molar-refractivity contribution is 0.0944. The molecule has 108 valence electrons. The number of rotatable bonds is 4. The Kier molecular flexibility index (Phi) is 3.42. The molecule has 2 aromatic rings. The van der Waals surface area contributed by atoms with E-state index in [2.05, 4.69) is 6.92 Å². The molecule has 0 bridgehead atoms. The van der Waals surface area contributed by atoms with Crippen LogP contribution < -0.4 is 9.47 Å². The molecule has 1 heterocycles. The highest BCUT2D eigenvalue weighted by molar-refractivity contribution is 5.97. The van der Waals surface area contributed by atoms with E-state index in [1.807, 2.05) is 48.5 Å². The summed E-state index contributed by atoms with van der Waals surface area (Å²) >= 11 is 0. The molecule has 0 aromatic heterocycles. The second-order valence-corrected chi connectivity index (χ2v) is 5.67. The van der Waals surface area contributed by atoms with Gasteiger partial charge in [0.25, 0.3) is 0 Å². The maximum atomic E-state index is 12.5. The zero-order chi connectivity index (χ0) is 14.9. The summed E-state index contributed by atoms with van der Waals surface area (Å²) in [7, 11) is 1.62. The van der Waals surface area contributed by atoms with Crippen LogP contribution in [0.15, 0.2) is 48.5 Å². The molecule has 0 radical (unpaired) electrons. The molecular weight excluding hydrogens is 264 g/mol. The van der Waals surface area contributed by atoms with Crippen molar-refractivity contribution < 1.29 is 14.3 Å². The fourth-order valence-corrected chi connectivity index (χ4v) is 2.79. The number of methoxy groups -OCH3 is 1. The molecule has 21 heavy (non-hydrogen) atoms. The number of Topliss-reactive ketones (excluding diaryl/α,β-unsaturated/α-hetero) is 1. The van der Waals surface area contributed by atoms with E-state index in [9.17, 15) is 4.79 Å². The molecule has 2 aromatic carbocycles. The average molecular weight is 282 g/mol. The summed E-state index contributed by atoms with van der Waals surface area (Å²) in [5.41, 5.74) is 1.57. The second-order valence-electron chi connectivity index (χ2n) is 5.67. The van der Waals surface area contributed by atoms with Crippen LogP contribution in [0.25, 0.3) is 0 Å². The van der Waals surface area contributed by atoms with Crippen LogP contribution in [0.2, 0.25) is 0 Å². The normalized spacial score (nSPS) is 19.7. The number of ether oxygens (including phenoxy) is 2. The van der Waals surface area contributed by atoms with Gasteiger partial charge in [-0.05, 0) is 30.3 Å². The van der Waals surface area contributed by atoms with Crippen LogP contribution in [0.3, 0.4) is 0 Å². The monoisotopic (exact) mass is 282 g/mol. The van der Waals surface area contributed by atoms with Crippen molar-refractivity contribution in [2.45, 2.75) is 18.8 Å². The van der Waals surface area contributed by atoms with E-state index in [-0.39, 0.29) is 11.2 Å². The van der Waals surface area contributed by atoms with Gasteiger partial charge in [0.05, 0.1) is 13.7 Å². The van der Waals surface area contributed by atoms with E-state index >= 15 is 0 Å². The van der Waals surface area contributed by atoms with E-state index in [0.29, 0.717) is 18.6 Å². The molecule has 0 saturated carbocycles. The SMILES string of the molecule is COc1ccc(C(=O)CC2(C)COc3ccccc32)cc1. The molecule has 0 amide bonds. The fourth-order valence-electron chi connectivity index (χ4n) is 2.79. The second kappa shape index (κ2) is 5.24. The van der Waals surface area contributed by atoms with E-state index in [1.165, 1.54) is 0 Å². The number of para-hydroxylation sites is 1. The number of ketones is 1. The average Bonchev–Trinajstić information content (AvgIpc) is 2.85. The molecule has 1 unspecified atom stereocenters. The van der Waals surface area contributed by atoms with Crippen molar-refractivity contribution in [3.63, 3.8) is 0 Å². The van der Waals surface area contributed by atoms with Crippen molar-refractivity contribution in [2.24, 2.45) is 0 Å². The van der Waals surface area contributed by atoms with Gasteiger partial charge in [-0.3, -0.25) is 4.79 Å². The first-order valence-electron chi connectivity index (χ1n) is 7.02. The molecule has 0 fully saturated rings. The van der Waals surface area contributed by atoms with Crippen LogP contribution in [-0.4, -0.2) is 19.5 Å². The van der Waals surface area contributed by atoms with Gasteiger partial charge in [-0.15, -0.1) is 0 Å². The van der Waals surface area contributed by atoms with Gasteiger partial charge in [0.1, 0.15) is 11.5 Å². The van der Waals surface area contributed by atoms with Crippen LogP contribution in [0.4, 0.5) is 0 Å². The molecular formula is C18H18O3. The molecule has 0 N–H and O–H groups in total. The largest absolute Gasteiger partial charge is 0.497 e. The Labute approximate surface area is 124 Å². The zero-order valence-corrected chi connectivity index (χ0v) is 12.3. The van der Waals surface area contributed by atoms with E-state index in [0.717, 1.165) is 17.1 Å². The summed E-state index contributed by atoms with van der Waals surface area (Å²) in [6.45, 7) is 2.63. The predicted molar refractivity (Wildman–Crippen MR) is 81.2 cm³/mol. The Hall–Kier alpha value is -2.29. The minimum atomic E-state index is -0.256. The summed E-state index contributed by atoms with van der Waals surface area (Å²) in [4.78, 5) is 12.5. The Morgan fingerprint density at radius 2 is 1.90 bits per heavy atom. The van der Waals surface area contributed by atoms with Crippen molar-refractivity contribution >= 4 is 5.78 Å². The van der Waals surface area contributed by atoms with Gasteiger partial charge in [-0.25, -0.2) is 0 Å². The van der Waals surface area contributed by atoms with Gasteiger partial charge < -0.3 is 9.47 Å². The summed E-state index contributed by atoms with van der Waals surface area (Å²) < 4.78 is 10.8. The summed E-state index contributed by atoms with van der Waals surface area (Å²) in [6.07, 6.45) is 0.441. The first kappa shape index (κ1) is 13.7. The minimum absolute atomic E-state index is 0.125. The van der Waals surface area contributed by atoms with Gasteiger partial charge in [0, 0.05) is 23.0 Å². The topological polar surface area (TPSA) is 35.5 Å². The molecule has 1 atom stereocenters. The van der Waals surface area contributed by atoms with E-state index in [4.69, 9.17) is 9.47 Å². The van der Waals surface area contributed by atoms with Crippen LogP contribution in [-0.2, 0) is 5.41 Å². The van der Waals surface area contributed by atoms with E-state index < -0.39 is 0 Å². The molecule has 1 aliphatic rings. The lowest BCUT2D eigenvalue weighted by Gasteiger charge is -2.21. The van der Waals surface area contributed by atoms with Crippen LogP contribution in [0.5, 0.6) is 11.5 Å². The van der Waals surface area contributed by atoms with Crippen molar-refractivity contribution in [2.75, 3.05) is 13.7 Å². The quantitative estimate of drug-likeness (QED) is 0.803. The highest BCUT2D eigenvalue weighted by Crippen LogP contribution is 2.41. The molecule has 0 aliphatic carbocycles. The molecule has 1 aliphatic heterocycles. The third kappa shape index (κ3) is 2.51. The molecule has 0 spiro atoms. The van der Waals surface area contributed by atoms with Gasteiger partial charge >= 0.3 is 0 Å². The Balaban J connectivity index is 1.81. The first-order chi connectivity index (χ1) is 10.1. The first-order valence-corrected chi connectivity index (χ1v) is 7.02. The maximum absolute atomic E-state index is 12.5. The molecule has 3 nitrogen and oxygen atoms in total. The highest BCUT2D eigenvalue weighted by atomic mass is 16.5. The third-order valence-electron chi connectivity index (χ3n) is 4.05. The fraction of sp³-hybridized carbons (Fsp3) is 0.278. The number of carbonyl (C=O) groups is 1. The van der Waals surface area contributed by atoms with Crippen molar-refractivity contribution in [3.05, 3.63) is 59.7 Å². The number of carbonyl (C=O) groups excluding carboxylic acids is 1. The van der Waals surface area contributed by atoms with Gasteiger partial charge in [-0.1, -0.05) is 25.1 Å². The Bertz CT molecular complexity index is 660. The molecule has 3 rings (SSSR count). The molecule has 3 heteroatoms. The van der Waals surface area contributed by atoms with Gasteiger partial charge in [0.2, 0.25) is 0 Å². The van der Waals surface area contributed by atoms with Crippen LogP contribution >= 0.6 is 0 Å². The van der Waals surface area contributed by atoms with Gasteiger partial charge in [-0.2, -0.15) is 0 Å². The third-order valence-corrected chi connectivity index (χ3v) is 4.05. The van der Waals surface area contributed by atoms with Crippen LogP contribution in [0.1, 0.15) is 29.3 Å². The lowest BCUT2D eigenvalue weighted by atomic mass is 9.79. The maximum Gasteiger partial charge on any atom is 0.163 e. The van der Waals surface area contributed by atoms with Crippen molar-refractivity contribution in [3.8, 4) is 11.5 Å². The smallest absolute Gasteiger partial charge is 0.163 e. The zero-order valence-electron chi connectivity index (χ0n) is 12.3. The number of hydrogen-bond acceptors (Lipinski definition) is 3. The summed E-state index contributed by atoms with van der Waals surface area (Å²) in [6, 6.07) is 15.2. The predicted octanol–water partition coefficient (Wildman–Crippen LogP) is 3.62. The van der Waals surface area contributed by atoms with Crippen molar-refractivity contribution in [1.29, 1.82) is 0 Å². The van der Waals surface area contributed by atoms with Crippen molar-refractivity contribution in [1.82, 2.24) is 0 Å². The standard InChI is InChI=1S/C18H18O3/c1-18(12-21-17-6-4-3-5-15(17)18)11-16(19)13-7-9-14(20-2)10-8-13/h3-10H,11-12H2,1-2H3. The molecule has 0 saturated heterocycles. The van der Waals surface area contributed by atoms with E-state index in [1.54, 1.807) is 7.11 Å². The summed E-state index contributed by atoms with van der Waals surface area (Å²) in [5, 5.41) is 0. The van der Waals surface area contributed by atoms with Gasteiger partial charge in [0.15, 0.2) is 5.78 Å². The highest BCUT2D eigenvalue weighted by Gasteiger charge is 2.38. The minimum Gasteiger partial charge on any atom is -0.497 e. The lowest BCUT2D eigenvalue weighted by Crippen LogP contribution is -2.27. The Morgan fingerprint density at radius 1 is 1.19 bits per heavy atom. The number of hydrogen-bond donors (Lipinski definition) is 0. The number of fused-ring (bicyclic) bond motifs is 1.